The molecule has 0 bridgehead atoms. The van der Waals surface area contributed by atoms with E-state index < -0.39 is 56.3 Å². The minimum atomic E-state index is -4.00. The van der Waals surface area contributed by atoms with Gasteiger partial charge in [0.1, 0.15) is 35.4 Å². The smallest absolute Gasteiger partial charge is 0.405 e. The number of nitrogens with two attached hydrogens (primary N) is 1. The molecule has 3 aromatic carbocycles. The Morgan fingerprint density at radius 1 is 1.14 bits per heavy atom. The molecule has 14 nitrogen and oxygen atoms in total. The number of nitrogens with one attached hydrogen (secondary N) is 1. The first-order chi connectivity index (χ1) is 31.6. The highest BCUT2D eigenvalue weighted by atomic mass is 127. The molecule has 346 valence electrons. The van der Waals surface area contributed by atoms with E-state index >= 15 is 8.78 Å². The zero-order valence-electron chi connectivity index (χ0n) is 35.8. The zero-order chi connectivity index (χ0) is 46.8. The molecule has 5 heterocycles. The summed E-state index contributed by atoms with van der Waals surface area (Å²) in [6, 6.07) is 16.7. The SMILES string of the molecule is COC(=O)C1=C(CN2CC(c3ccc(OP(=O)(CO[C@H](C)Cn4cc(I)c5c(N)ncnc54)OCc4ccccc4C)cc3)CC(F)(F)C2)NC(c2nccs2)=NC1c1ccc(F)cc1Cl. The normalized spacial score (nSPS) is 18.9. The number of fused-ring (bicyclic) bond motifs is 1. The molecule has 0 spiro atoms. The van der Waals surface area contributed by atoms with Crippen molar-refractivity contribution in [2.24, 2.45) is 4.99 Å². The number of piperidine rings is 1. The van der Waals surface area contributed by atoms with Crippen LogP contribution in [0.2, 0.25) is 5.02 Å². The van der Waals surface area contributed by atoms with Gasteiger partial charge in [-0.25, -0.2) is 37.5 Å². The fourth-order valence-corrected chi connectivity index (χ4v) is 11.1. The number of hydrogen-bond acceptors (Lipinski definition) is 14. The number of ether oxygens (including phenoxy) is 2. The number of halogens is 5. The molecule has 21 heteroatoms. The molecule has 6 aromatic rings. The van der Waals surface area contributed by atoms with Crippen LogP contribution in [-0.2, 0) is 36.5 Å². The number of nitrogen functional groups attached to an aromatic ring is 1. The van der Waals surface area contributed by atoms with E-state index in [0.29, 0.717) is 40.0 Å². The third kappa shape index (κ3) is 10.9. The van der Waals surface area contributed by atoms with Crippen LogP contribution in [0.15, 0.2) is 107 Å². The zero-order valence-corrected chi connectivity index (χ0v) is 40.4. The topological polar surface area (TPSA) is 168 Å². The van der Waals surface area contributed by atoms with E-state index in [1.165, 1.54) is 36.9 Å². The van der Waals surface area contributed by atoms with E-state index in [-0.39, 0.29) is 48.1 Å². The molecule has 1 fully saturated rings. The van der Waals surface area contributed by atoms with Gasteiger partial charge in [-0.3, -0.25) is 14.4 Å². The van der Waals surface area contributed by atoms with Crippen LogP contribution in [0, 0.1) is 16.3 Å². The quantitative estimate of drug-likeness (QED) is 0.0536. The number of amidine groups is 1. The summed E-state index contributed by atoms with van der Waals surface area (Å²) in [4.78, 5) is 32.7. The lowest BCUT2D eigenvalue weighted by Gasteiger charge is -2.39. The predicted octanol–water partition coefficient (Wildman–Crippen LogP) is 9.67. The van der Waals surface area contributed by atoms with Crippen molar-refractivity contribution in [3.8, 4) is 5.75 Å². The van der Waals surface area contributed by atoms with E-state index in [0.717, 1.165) is 26.1 Å². The second-order valence-electron chi connectivity index (χ2n) is 16.0. The molecule has 0 aliphatic carbocycles. The number of nitrogens with zero attached hydrogens (tertiary/aromatic N) is 6. The van der Waals surface area contributed by atoms with Gasteiger partial charge < -0.3 is 29.6 Å². The Kier molecular flexibility index (Phi) is 14.5. The minimum absolute atomic E-state index is 0.0126. The van der Waals surface area contributed by atoms with E-state index in [1.807, 2.05) is 48.9 Å². The first-order valence-electron chi connectivity index (χ1n) is 20.6. The molecule has 3 aromatic heterocycles. The number of esters is 1. The summed E-state index contributed by atoms with van der Waals surface area (Å²) in [5.74, 6) is -4.27. The summed E-state index contributed by atoms with van der Waals surface area (Å²) in [6.07, 6.45) is 3.57. The van der Waals surface area contributed by atoms with Crippen LogP contribution in [0.25, 0.3) is 11.0 Å². The molecule has 8 rings (SSSR count). The number of methoxy groups -OCH3 is 1. The van der Waals surface area contributed by atoms with Gasteiger partial charge in [-0.05, 0) is 77.4 Å². The molecule has 2 aliphatic heterocycles. The summed E-state index contributed by atoms with van der Waals surface area (Å²) in [6.45, 7) is 3.55. The van der Waals surface area contributed by atoms with Gasteiger partial charge in [-0.1, -0.05) is 54.1 Å². The fraction of sp³-hybridized carbons (Fsp3) is 0.311. The third-order valence-electron chi connectivity index (χ3n) is 11.2. The number of aliphatic imine (C=N–C) groups is 1. The number of likely N-dealkylation sites (tertiary alicyclic amines) is 1. The van der Waals surface area contributed by atoms with Crippen molar-refractivity contribution >= 4 is 81.8 Å². The van der Waals surface area contributed by atoms with E-state index in [4.69, 9.17) is 40.8 Å². The molecule has 1 saturated heterocycles. The van der Waals surface area contributed by atoms with E-state index in [2.05, 4.69) is 42.9 Å². The van der Waals surface area contributed by atoms with Crippen LogP contribution in [0.3, 0.4) is 0 Å². The first-order valence-corrected chi connectivity index (χ1v) is 24.7. The Hall–Kier alpha value is -4.89. The summed E-state index contributed by atoms with van der Waals surface area (Å²) in [5.41, 5.74) is 9.73. The molecule has 0 amide bonds. The van der Waals surface area contributed by atoms with E-state index in [9.17, 15) is 13.8 Å². The summed E-state index contributed by atoms with van der Waals surface area (Å²) in [7, 11) is -2.80. The Morgan fingerprint density at radius 3 is 2.65 bits per heavy atom. The summed E-state index contributed by atoms with van der Waals surface area (Å²) < 4.78 is 86.5. The molecule has 3 N–H and O–H groups in total. The molecule has 0 radical (unpaired) electrons. The second kappa shape index (κ2) is 20.1. The van der Waals surface area contributed by atoms with Gasteiger partial charge >= 0.3 is 13.6 Å². The Morgan fingerprint density at radius 2 is 1.92 bits per heavy atom. The molecule has 66 heavy (non-hydrogen) atoms. The van der Waals surface area contributed by atoms with Crippen LogP contribution in [0.5, 0.6) is 5.75 Å². The van der Waals surface area contributed by atoms with Crippen LogP contribution >= 0.6 is 53.1 Å². The van der Waals surface area contributed by atoms with Crippen molar-refractivity contribution in [2.45, 2.75) is 57.4 Å². The van der Waals surface area contributed by atoms with Crippen molar-refractivity contribution < 1.29 is 41.1 Å². The average Bonchev–Trinajstić information content (AvgIpc) is 3.93. The van der Waals surface area contributed by atoms with Gasteiger partial charge in [-0.2, -0.15) is 0 Å². The lowest BCUT2D eigenvalue weighted by Crippen LogP contribution is -2.49. The second-order valence-corrected chi connectivity index (χ2v) is 20.4. The van der Waals surface area contributed by atoms with Crippen molar-refractivity contribution in [1.29, 1.82) is 0 Å². The lowest BCUT2D eigenvalue weighted by molar-refractivity contribution is -0.136. The van der Waals surface area contributed by atoms with Crippen LogP contribution < -0.4 is 15.6 Å². The fourth-order valence-electron chi connectivity index (χ4n) is 8.01. The molecule has 3 unspecified atom stereocenters. The molecule has 4 atom stereocenters. The van der Waals surface area contributed by atoms with Crippen molar-refractivity contribution in [1.82, 2.24) is 29.7 Å². The highest BCUT2D eigenvalue weighted by Gasteiger charge is 2.43. The number of carbonyl (C=O) groups is 1. The monoisotopic (exact) mass is 1070 g/mol. The van der Waals surface area contributed by atoms with E-state index in [1.54, 1.807) is 40.7 Å². The average molecular weight is 1080 g/mol. The number of aryl methyl sites for hydroxylation is 1. The number of thiazole rings is 1. The Bertz CT molecular complexity index is 2850. The highest BCUT2D eigenvalue weighted by molar-refractivity contribution is 14.1. The molecular formula is C45H44ClF3IN8O6PS. The number of alkyl halides is 2. The first kappa shape index (κ1) is 47.6. The molecular weight excluding hydrogens is 1030 g/mol. The van der Waals surface area contributed by atoms with Crippen molar-refractivity contribution in [2.75, 3.05) is 38.8 Å². The third-order valence-corrected chi connectivity index (χ3v) is 14.6. The van der Waals surface area contributed by atoms with Gasteiger partial charge in [-0.15, -0.1) is 11.3 Å². The Balaban J connectivity index is 1.01. The largest absolute Gasteiger partial charge is 0.466 e. The number of rotatable bonds is 16. The van der Waals surface area contributed by atoms with Gasteiger partial charge in [0.25, 0.3) is 5.92 Å². The van der Waals surface area contributed by atoms with Gasteiger partial charge in [0, 0.05) is 63.1 Å². The maximum Gasteiger partial charge on any atom is 0.405 e. The van der Waals surface area contributed by atoms with Gasteiger partial charge in [0.15, 0.2) is 17.2 Å². The maximum atomic E-state index is 15.8. The summed E-state index contributed by atoms with van der Waals surface area (Å²) >= 11 is 9.97. The number of benzene rings is 3. The maximum absolute atomic E-state index is 15.8. The number of aromatic nitrogens is 4. The summed E-state index contributed by atoms with van der Waals surface area (Å²) in [5, 5.41) is 6.16. The number of anilines is 1. The Labute approximate surface area is 401 Å². The van der Waals surface area contributed by atoms with Crippen LogP contribution in [-0.4, -0.2) is 81.3 Å². The number of hydrogen-bond donors (Lipinski definition) is 2. The number of carbonyl (C=O) groups excluding carboxylic acids is 1. The van der Waals surface area contributed by atoms with Crippen LogP contribution in [0.4, 0.5) is 19.0 Å². The van der Waals surface area contributed by atoms with Gasteiger partial charge in [0.05, 0.1) is 43.9 Å². The molecule has 0 saturated carbocycles. The molecule has 2 aliphatic rings. The highest BCUT2D eigenvalue weighted by Crippen LogP contribution is 2.50. The predicted molar refractivity (Wildman–Crippen MR) is 254 cm³/mol. The van der Waals surface area contributed by atoms with Crippen molar-refractivity contribution in [3.05, 3.63) is 144 Å². The minimum Gasteiger partial charge on any atom is -0.466 e. The van der Waals surface area contributed by atoms with Crippen molar-refractivity contribution in [3.63, 3.8) is 0 Å². The standard InChI is InChI=1S/C45H44ClF3IN8O6PS/c1-26-6-4-5-7-29(26)22-63-65(60,25-62-27(2)18-58-20-35(50)37-40(51)53-24-54-42(37)58)64-32-11-8-28(9-12-32)30-17-45(48,49)23-57(19-30)21-36-38(44(59)61-3)39(33-13-10-31(47)16-34(33)46)56-41(55-36)43-52-14-15-66-43/h4-16,20,24,27,30,39H,17-19,21-23,25H2,1-3H3,(H,55,56)(H2,51,53,54)/t27-,30?,39?,65?/m1/s1. The lowest BCUT2D eigenvalue weighted by atomic mass is 9.88. The van der Waals surface area contributed by atoms with Gasteiger partial charge in [0.2, 0.25) is 0 Å². The van der Waals surface area contributed by atoms with Crippen LogP contribution in [0.1, 0.15) is 52.6 Å².